The third-order valence-corrected chi connectivity index (χ3v) is 5.20. The van der Waals surface area contributed by atoms with Gasteiger partial charge in [-0.1, -0.05) is 30.3 Å². The van der Waals surface area contributed by atoms with E-state index in [0.717, 1.165) is 6.08 Å². The van der Waals surface area contributed by atoms with Gasteiger partial charge in [-0.05, 0) is 55.8 Å². The summed E-state index contributed by atoms with van der Waals surface area (Å²) in [6.45, 7) is 3.29. The van der Waals surface area contributed by atoms with Crippen LogP contribution in [-0.4, -0.2) is 42.7 Å². The van der Waals surface area contributed by atoms with Crippen molar-refractivity contribution in [2.45, 2.75) is 13.8 Å². The van der Waals surface area contributed by atoms with Gasteiger partial charge >= 0.3 is 19.3 Å². The summed E-state index contributed by atoms with van der Waals surface area (Å²) in [6.07, 6.45) is 5.41. The topological polar surface area (TPSA) is 117 Å². The average Bonchev–Trinajstić information content (AvgIpc) is 3.54. The van der Waals surface area contributed by atoms with Crippen LogP contribution in [0.3, 0.4) is 0 Å². The summed E-state index contributed by atoms with van der Waals surface area (Å²) in [5, 5.41) is 18.7. The third-order valence-electron chi connectivity index (χ3n) is 5.20. The van der Waals surface area contributed by atoms with Gasteiger partial charge in [0, 0.05) is 17.0 Å². The second-order valence-electron chi connectivity index (χ2n) is 7.57. The lowest BCUT2D eigenvalue weighted by molar-refractivity contribution is -0.138. The van der Waals surface area contributed by atoms with Crippen LogP contribution in [-0.2, 0) is 19.1 Å². The molecule has 0 spiro atoms. The Hall–Kier alpha value is -5.03. The molecule has 11 heteroatoms. The molecular formula is C27H21BF2N4O4. The van der Waals surface area contributed by atoms with E-state index in [-0.39, 0.29) is 35.9 Å². The minimum atomic E-state index is -3.03. The van der Waals surface area contributed by atoms with E-state index in [1.807, 2.05) is 0 Å². The molecule has 0 bridgehead atoms. The number of ether oxygens (including phenoxy) is 2. The number of hydrogen-bond acceptors (Lipinski definition) is 7. The number of carbonyl (C=O) groups excluding carboxylic acids is 2. The molecule has 0 N–H and O–H groups in total. The van der Waals surface area contributed by atoms with Gasteiger partial charge in [0.05, 0.1) is 24.6 Å². The maximum atomic E-state index is 14.4. The Bertz CT molecular complexity index is 1470. The Kier molecular flexibility index (Phi) is 9.28. The first-order valence-electron chi connectivity index (χ1n) is 11.5. The number of halogens is 2. The van der Waals surface area contributed by atoms with Crippen molar-refractivity contribution in [1.29, 1.82) is 10.5 Å². The minimum absolute atomic E-state index is 0.0218. The zero-order valence-corrected chi connectivity index (χ0v) is 20.5. The Morgan fingerprint density at radius 3 is 2.11 bits per heavy atom. The van der Waals surface area contributed by atoms with Crippen LogP contribution >= 0.6 is 0 Å². The molecule has 1 aromatic carbocycles. The highest BCUT2D eigenvalue weighted by molar-refractivity contribution is 6.42. The van der Waals surface area contributed by atoms with Gasteiger partial charge in [-0.2, -0.15) is 10.5 Å². The predicted octanol–water partition coefficient (Wildman–Crippen LogP) is 4.51. The fourth-order valence-electron chi connectivity index (χ4n) is 3.62. The van der Waals surface area contributed by atoms with Crippen LogP contribution < -0.4 is 0 Å². The first kappa shape index (κ1) is 27.6. The molecule has 1 aromatic heterocycles. The third kappa shape index (κ3) is 6.20. The monoisotopic (exact) mass is 514 g/mol. The zero-order chi connectivity index (χ0) is 27.7. The van der Waals surface area contributed by atoms with Crippen molar-refractivity contribution >= 4 is 36.7 Å². The van der Waals surface area contributed by atoms with Gasteiger partial charge in [0.25, 0.3) is 0 Å². The Balaban J connectivity index is 2.22. The normalized spacial score (nSPS) is 14.3. The minimum Gasteiger partial charge on any atom is -0.462 e. The van der Waals surface area contributed by atoms with Gasteiger partial charge in [0.15, 0.2) is 0 Å². The quantitative estimate of drug-likeness (QED) is 0.210. The number of rotatable bonds is 9. The van der Waals surface area contributed by atoms with E-state index in [9.17, 15) is 28.7 Å². The molecule has 0 unspecified atom stereocenters. The summed E-state index contributed by atoms with van der Waals surface area (Å²) in [7, 11) is -3.03. The van der Waals surface area contributed by atoms with Crippen LogP contribution in [0.25, 0.3) is 11.6 Å². The maximum absolute atomic E-state index is 14.4. The summed E-state index contributed by atoms with van der Waals surface area (Å²) in [5.41, 5.74) is 0.730. The van der Waals surface area contributed by atoms with E-state index in [1.54, 1.807) is 68.5 Å². The lowest BCUT2D eigenvalue weighted by Crippen LogP contribution is -2.18. The highest BCUT2D eigenvalue weighted by Crippen LogP contribution is 2.33. The van der Waals surface area contributed by atoms with Gasteiger partial charge in [-0.15, -0.1) is 0 Å². The summed E-state index contributed by atoms with van der Waals surface area (Å²) in [6, 6.07) is 14.9. The van der Waals surface area contributed by atoms with Crippen molar-refractivity contribution in [3.05, 3.63) is 94.5 Å². The summed E-state index contributed by atoms with van der Waals surface area (Å²) < 4.78 is 39.2. The Morgan fingerprint density at radius 1 is 0.947 bits per heavy atom. The molecule has 0 radical (unpaired) electrons. The first-order valence-corrected chi connectivity index (χ1v) is 11.5. The van der Waals surface area contributed by atoms with E-state index in [0.29, 0.717) is 21.3 Å². The molecule has 0 atom stereocenters. The molecule has 0 amide bonds. The van der Waals surface area contributed by atoms with Crippen LogP contribution in [0.15, 0.2) is 82.5 Å². The SMILES string of the molecule is CCOC(=O)/C(C#N)=C/C1=NC(=C(/c2ccccc2)c2ccc(/C=C(\C#N)C(=O)OCC)n2B(F)F)/C=C1. The van der Waals surface area contributed by atoms with Crippen LogP contribution in [0, 0.1) is 22.7 Å². The second kappa shape index (κ2) is 12.8. The fourth-order valence-corrected chi connectivity index (χ4v) is 3.62. The molecule has 38 heavy (non-hydrogen) atoms. The second-order valence-corrected chi connectivity index (χ2v) is 7.57. The lowest BCUT2D eigenvalue weighted by Gasteiger charge is -2.14. The van der Waals surface area contributed by atoms with Gasteiger partial charge < -0.3 is 14.0 Å². The number of aliphatic imine (C=N–C) groups is 1. The predicted molar refractivity (Wildman–Crippen MR) is 137 cm³/mol. The Morgan fingerprint density at radius 2 is 1.55 bits per heavy atom. The Labute approximate surface area is 218 Å². The molecule has 2 heterocycles. The van der Waals surface area contributed by atoms with Crippen LogP contribution in [0.5, 0.6) is 0 Å². The molecule has 8 nitrogen and oxygen atoms in total. The number of hydrogen-bond donors (Lipinski definition) is 0. The summed E-state index contributed by atoms with van der Waals surface area (Å²) in [4.78, 5) is 28.5. The number of nitriles is 2. The molecule has 0 saturated heterocycles. The average molecular weight is 514 g/mol. The van der Waals surface area contributed by atoms with Crippen molar-refractivity contribution in [2.75, 3.05) is 13.2 Å². The largest absolute Gasteiger partial charge is 0.678 e. The number of carbonyl (C=O) groups is 2. The van der Waals surface area contributed by atoms with Crippen molar-refractivity contribution in [3.63, 3.8) is 0 Å². The highest BCUT2D eigenvalue weighted by Gasteiger charge is 2.28. The van der Waals surface area contributed by atoms with Crippen molar-refractivity contribution in [1.82, 2.24) is 4.48 Å². The number of aromatic nitrogens is 1. The molecule has 2 aromatic rings. The summed E-state index contributed by atoms with van der Waals surface area (Å²) >= 11 is 0. The maximum Gasteiger partial charge on any atom is 0.678 e. The van der Waals surface area contributed by atoms with Crippen LogP contribution in [0.4, 0.5) is 8.63 Å². The van der Waals surface area contributed by atoms with Gasteiger partial charge in [0.1, 0.15) is 23.3 Å². The van der Waals surface area contributed by atoms with Gasteiger partial charge in [0.2, 0.25) is 0 Å². The molecule has 3 rings (SSSR count). The van der Waals surface area contributed by atoms with E-state index in [2.05, 4.69) is 4.99 Å². The smallest absolute Gasteiger partial charge is 0.462 e. The van der Waals surface area contributed by atoms with Crippen molar-refractivity contribution < 1.29 is 27.7 Å². The van der Waals surface area contributed by atoms with Crippen LogP contribution in [0.1, 0.15) is 30.8 Å². The zero-order valence-electron chi connectivity index (χ0n) is 20.5. The molecule has 0 fully saturated rings. The number of allylic oxidation sites excluding steroid dienone is 3. The molecule has 190 valence electrons. The lowest BCUT2D eigenvalue weighted by atomic mass is 9.99. The molecule has 1 aliphatic rings. The number of benzene rings is 1. The van der Waals surface area contributed by atoms with E-state index in [4.69, 9.17) is 9.47 Å². The first-order chi connectivity index (χ1) is 18.3. The van der Waals surface area contributed by atoms with E-state index in [1.165, 1.54) is 18.2 Å². The van der Waals surface area contributed by atoms with E-state index < -0.39 is 24.9 Å². The van der Waals surface area contributed by atoms with E-state index >= 15 is 0 Å². The number of nitrogens with zero attached hydrogens (tertiary/aromatic N) is 4. The summed E-state index contributed by atoms with van der Waals surface area (Å²) in [5.74, 6) is -1.72. The van der Waals surface area contributed by atoms with Gasteiger partial charge in [-0.3, -0.25) is 8.63 Å². The molecular weight excluding hydrogens is 493 g/mol. The highest BCUT2D eigenvalue weighted by atomic mass is 19.2. The van der Waals surface area contributed by atoms with Crippen molar-refractivity contribution in [2.24, 2.45) is 4.99 Å². The van der Waals surface area contributed by atoms with Gasteiger partial charge in [-0.25, -0.2) is 14.6 Å². The standard InChI is InChI=1S/C27H21BF2N4O4/c1-3-37-26(35)19(16-31)14-21-10-12-23(33-21)25(18-8-6-5-7-9-18)24-13-11-22(34(24)28(29)30)15-20(17-32)27(36)38-4-2/h5-15H,3-4H2,1-2H3/b19-14+,20-15+,25-23-. The molecule has 0 aliphatic carbocycles. The molecule has 1 aliphatic heterocycles. The molecule has 0 saturated carbocycles. The van der Waals surface area contributed by atoms with Crippen molar-refractivity contribution in [3.8, 4) is 12.1 Å². The van der Waals surface area contributed by atoms with Crippen LogP contribution in [0.2, 0.25) is 0 Å². The number of esters is 2. The fraction of sp³-hybridized carbons (Fsp3) is 0.148.